The minimum atomic E-state index is -1.41. The number of nitrogens with zero attached hydrogens (tertiary/aromatic N) is 5. The fourth-order valence-electron chi connectivity index (χ4n) is 5.50. The lowest BCUT2D eigenvalue weighted by Crippen LogP contribution is -2.34. The number of carbonyl (C=O) groups is 4. The Labute approximate surface area is 331 Å². The van der Waals surface area contributed by atoms with E-state index in [0.717, 1.165) is 48.3 Å². The highest BCUT2D eigenvalue weighted by atomic mass is 16.6. The van der Waals surface area contributed by atoms with Crippen molar-refractivity contribution in [3.05, 3.63) is 120 Å². The van der Waals surface area contributed by atoms with Crippen molar-refractivity contribution in [2.45, 2.75) is 58.6 Å². The number of pyridine rings is 1. The number of anilines is 2. The van der Waals surface area contributed by atoms with Crippen LogP contribution in [0.1, 0.15) is 79.4 Å². The number of hydrazone groups is 1. The number of carbonyl (C=O) groups excluding carboxylic acids is 3. The highest BCUT2D eigenvalue weighted by Gasteiger charge is 2.21. The number of aliphatic carboxylic acids is 1. The van der Waals surface area contributed by atoms with E-state index in [4.69, 9.17) is 24.7 Å². The Bertz CT molecular complexity index is 2070. The first-order valence-electron chi connectivity index (χ1n) is 18.7. The van der Waals surface area contributed by atoms with E-state index in [1.165, 1.54) is 4.90 Å². The van der Waals surface area contributed by atoms with Gasteiger partial charge in [-0.15, -0.1) is 0 Å². The number of ether oxygens (including phenoxy) is 2. The maximum absolute atomic E-state index is 13.6. The monoisotopic (exact) mass is 779 g/mol. The average Bonchev–Trinajstić information content (AvgIpc) is 3.55. The number of benzene rings is 3. The number of nitrogens with one attached hydrogen (secondary N) is 2. The SMILES string of the molecule is CCCCCCOC(=O)N/N=C/c1ccc(NCc2nc3cc(C(=O)N(CCC(=O)OCC)c4ccccn4)ccc3n2C)cc1.O=C(O)C(O)c1ccccc1. The lowest BCUT2D eigenvalue weighted by Gasteiger charge is -2.21. The lowest BCUT2D eigenvalue weighted by molar-refractivity contribution is -0.147. The molecule has 2 heterocycles. The van der Waals surface area contributed by atoms with Crippen LogP contribution in [-0.2, 0) is 32.7 Å². The van der Waals surface area contributed by atoms with Crippen LogP contribution in [0.2, 0.25) is 0 Å². The van der Waals surface area contributed by atoms with Crippen molar-refractivity contribution in [1.29, 1.82) is 0 Å². The van der Waals surface area contributed by atoms with Crippen LogP contribution in [0, 0.1) is 0 Å². The normalized spacial score (nSPS) is 11.3. The third-order valence-electron chi connectivity index (χ3n) is 8.55. The van der Waals surface area contributed by atoms with Gasteiger partial charge in [0.15, 0.2) is 6.10 Å². The molecule has 2 aromatic heterocycles. The number of hydrogen-bond donors (Lipinski definition) is 4. The second kappa shape index (κ2) is 22.7. The van der Waals surface area contributed by atoms with Gasteiger partial charge in [0.25, 0.3) is 5.91 Å². The van der Waals surface area contributed by atoms with E-state index in [-0.39, 0.29) is 31.4 Å². The number of aryl methyl sites for hydroxylation is 1. The van der Waals surface area contributed by atoms with E-state index in [2.05, 4.69) is 27.8 Å². The number of amides is 2. The molecule has 0 saturated heterocycles. The van der Waals surface area contributed by atoms with E-state index in [9.17, 15) is 19.2 Å². The van der Waals surface area contributed by atoms with Crippen molar-refractivity contribution >= 4 is 52.7 Å². The molecule has 0 bridgehead atoms. The van der Waals surface area contributed by atoms with Crippen molar-refractivity contribution in [3.8, 4) is 0 Å². The summed E-state index contributed by atoms with van der Waals surface area (Å²) >= 11 is 0. The predicted octanol–water partition coefficient (Wildman–Crippen LogP) is 6.63. The molecule has 0 fully saturated rings. The summed E-state index contributed by atoms with van der Waals surface area (Å²) in [4.78, 5) is 58.2. The highest BCUT2D eigenvalue weighted by Crippen LogP contribution is 2.21. The Morgan fingerprint density at radius 3 is 2.37 bits per heavy atom. The molecule has 0 aliphatic heterocycles. The first-order valence-corrected chi connectivity index (χ1v) is 18.7. The average molecular weight is 780 g/mol. The summed E-state index contributed by atoms with van der Waals surface area (Å²) in [7, 11) is 1.93. The topological polar surface area (TPSA) is 198 Å². The second-order valence-electron chi connectivity index (χ2n) is 12.7. The molecule has 3 aromatic carbocycles. The summed E-state index contributed by atoms with van der Waals surface area (Å²) in [6, 6.07) is 26.5. The molecule has 300 valence electrons. The van der Waals surface area contributed by atoms with Gasteiger partial charge in [-0.3, -0.25) is 14.5 Å². The van der Waals surface area contributed by atoms with E-state index in [0.29, 0.717) is 35.6 Å². The van der Waals surface area contributed by atoms with Crippen LogP contribution in [0.4, 0.5) is 16.3 Å². The van der Waals surface area contributed by atoms with Gasteiger partial charge in [0.2, 0.25) is 0 Å². The first-order chi connectivity index (χ1) is 27.6. The molecular formula is C42H49N7O8. The number of hydrogen-bond acceptors (Lipinski definition) is 11. The predicted molar refractivity (Wildman–Crippen MR) is 217 cm³/mol. The molecular weight excluding hydrogens is 731 g/mol. The van der Waals surface area contributed by atoms with E-state index in [1.54, 1.807) is 80.0 Å². The summed E-state index contributed by atoms with van der Waals surface area (Å²) in [5.74, 6) is -0.651. The Kier molecular flexibility index (Phi) is 17.2. The fraction of sp³-hybridized carbons (Fsp3) is 0.310. The zero-order valence-electron chi connectivity index (χ0n) is 32.3. The van der Waals surface area contributed by atoms with Gasteiger partial charge < -0.3 is 29.6 Å². The summed E-state index contributed by atoms with van der Waals surface area (Å²) in [6.45, 7) is 5.13. The van der Waals surface area contributed by atoms with Gasteiger partial charge in [-0.25, -0.2) is 25.0 Å². The molecule has 2 amide bonds. The summed E-state index contributed by atoms with van der Waals surface area (Å²) < 4.78 is 12.1. The first kappa shape index (κ1) is 43.1. The van der Waals surface area contributed by atoms with Gasteiger partial charge in [0.05, 0.1) is 43.4 Å². The van der Waals surface area contributed by atoms with Crippen molar-refractivity contribution in [2.75, 3.05) is 30.0 Å². The Morgan fingerprint density at radius 2 is 1.68 bits per heavy atom. The van der Waals surface area contributed by atoms with Crippen LogP contribution in [0.3, 0.4) is 0 Å². The number of carboxylic acids is 1. The van der Waals surface area contributed by atoms with Gasteiger partial charge in [0, 0.05) is 31.0 Å². The standard InChI is InChI=1S/C34H41N7O5.C8H8O3/c1-4-6-7-10-21-46-34(44)39-37-23-25-12-15-27(16-13-25)36-24-31-38-28-22-26(14-17-29(28)40(31)3)33(43)41(20-18-32(42)45-5-2)30-11-8-9-19-35-30;9-7(8(10)11)6-4-2-1-3-5-6/h8-9,11-17,19,22-23,36H,4-7,10,18,20-21,24H2,1-3H3,(H,39,44);1-5,7,9H,(H,10,11)/b37-23+;. The fourth-order valence-corrected chi connectivity index (χ4v) is 5.50. The highest BCUT2D eigenvalue weighted by molar-refractivity contribution is 6.07. The molecule has 0 saturated carbocycles. The number of carboxylic acid groups (broad SMARTS) is 1. The van der Waals surface area contributed by atoms with Crippen LogP contribution >= 0.6 is 0 Å². The number of rotatable bonds is 18. The number of aliphatic hydroxyl groups is 1. The summed E-state index contributed by atoms with van der Waals surface area (Å²) in [6.07, 6.45) is 5.39. The van der Waals surface area contributed by atoms with Gasteiger partial charge in [-0.05, 0) is 66.9 Å². The third kappa shape index (κ3) is 13.6. The number of aliphatic hydroxyl groups excluding tert-OH is 1. The quantitative estimate of drug-likeness (QED) is 0.0323. The molecule has 57 heavy (non-hydrogen) atoms. The minimum Gasteiger partial charge on any atom is -0.479 e. The molecule has 0 aliphatic carbocycles. The molecule has 5 rings (SSSR count). The van der Waals surface area contributed by atoms with Gasteiger partial charge in [-0.2, -0.15) is 5.10 Å². The lowest BCUT2D eigenvalue weighted by atomic mass is 10.1. The number of imidazole rings is 1. The number of fused-ring (bicyclic) bond motifs is 1. The zero-order chi connectivity index (χ0) is 41.0. The largest absolute Gasteiger partial charge is 0.479 e. The molecule has 1 unspecified atom stereocenters. The van der Waals surface area contributed by atoms with Crippen molar-refractivity contribution in [1.82, 2.24) is 20.0 Å². The number of unbranched alkanes of at least 4 members (excludes halogenated alkanes) is 3. The molecule has 5 aromatic rings. The molecule has 15 nitrogen and oxygen atoms in total. The Morgan fingerprint density at radius 1 is 0.930 bits per heavy atom. The van der Waals surface area contributed by atoms with Crippen LogP contribution in [-0.4, -0.2) is 74.7 Å². The Balaban J connectivity index is 0.000000563. The Hall–Kier alpha value is -6.61. The second-order valence-corrected chi connectivity index (χ2v) is 12.7. The summed E-state index contributed by atoms with van der Waals surface area (Å²) in [5, 5.41) is 24.7. The van der Waals surface area contributed by atoms with E-state index in [1.807, 2.05) is 41.9 Å². The van der Waals surface area contributed by atoms with Crippen LogP contribution in [0.15, 0.2) is 102 Å². The smallest absolute Gasteiger partial charge is 0.427 e. The molecule has 0 aliphatic rings. The number of esters is 1. The van der Waals surface area contributed by atoms with Gasteiger partial charge in [0.1, 0.15) is 11.6 Å². The van der Waals surface area contributed by atoms with Crippen molar-refractivity contribution in [3.63, 3.8) is 0 Å². The van der Waals surface area contributed by atoms with Gasteiger partial charge >= 0.3 is 18.0 Å². The van der Waals surface area contributed by atoms with Crippen LogP contribution in [0.25, 0.3) is 11.0 Å². The maximum Gasteiger partial charge on any atom is 0.427 e. The molecule has 4 N–H and O–H groups in total. The number of aromatic nitrogens is 3. The van der Waals surface area contributed by atoms with Crippen molar-refractivity contribution in [2.24, 2.45) is 12.1 Å². The summed E-state index contributed by atoms with van der Waals surface area (Å²) in [5.41, 5.74) is 6.47. The molecule has 0 radical (unpaired) electrons. The third-order valence-corrected chi connectivity index (χ3v) is 8.55. The van der Waals surface area contributed by atoms with E-state index < -0.39 is 18.2 Å². The van der Waals surface area contributed by atoms with E-state index >= 15 is 0 Å². The van der Waals surface area contributed by atoms with Gasteiger partial charge in [-0.1, -0.05) is 74.7 Å². The minimum absolute atomic E-state index is 0.0519. The molecule has 0 spiro atoms. The molecule has 15 heteroatoms. The maximum atomic E-state index is 13.6. The van der Waals surface area contributed by atoms with Crippen LogP contribution < -0.4 is 15.6 Å². The molecule has 1 atom stereocenters. The van der Waals surface area contributed by atoms with Crippen LogP contribution in [0.5, 0.6) is 0 Å². The van der Waals surface area contributed by atoms with Crippen molar-refractivity contribution < 1.29 is 38.9 Å². The zero-order valence-corrected chi connectivity index (χ0v) is 32.3.